The van der Waals surface area contributed by atoms with Crippen LogP contribution in [0.2, 0.25) is 5.02 Å². The number of sulfonamides is 1. The summed E-state index contributed by atoms with van der Waals surface area (Å²) in [5, 5.41) is 4.13. The lowest BCUT2D eigenvalue weighted by molar-refractivity contribution is 0.383. The van der Waals surface area contributed by atoms with Crippen LogP contribution in [-0.4, -0.2) is 22.4 Å². The van der Waals surface area contributed by atoms with Crippen LogP contribution in [0.25, 0.3) is 0 Å². The molecule has 0 aliphatic carbocycles. The van der Waals surface area contributed by atoms with Gasteiger partial charge >= 0.3 is 0 Å². The maximum absolute atomic E-state index is 13.5. The van der Waals surface area contributed by atoms with E-state index in [0.717, 1.165) is 0 Å². The van der Waals surface area contributed by atoms with E-state index in [-0.39, 0.29) is 28.3 Å². The minimum absolute atomic E-state index is 0.0696. The van der Waals surface area contributed by atoms with E-state index in [1.165, 1.54) is 6.92 Å². The maximum Gasteiger partial charge on any atom is 0.243 e. The Labute approximate surface area is 178 Å². The third-order valence-electron chi connectivity index (χ3n) is 4.25. The summed E-state index contributed by atoms with van der Waals surface area (Å²) < 4.78 is 56.5. The van der Waals surface area contributed by atoms with Crippen molar-refractivity contribution < 1.29 is 21.6 Å². The SMILES string of the molecule is CCC(c1ccccc1)S(=O)(=O)c1c(N)c(S(N)(=O)=O)c(OCBr)c(C)c1Cl. The average molecular weight is 512 g/mol. The zero-order chi connectivity index (χ0) is 21.3. The first-order valence-electron chi connectivity index (χ1n) is 8.10. The van der Waals surface area contributed by atoms with Crippen LogP contribution in [0.15, 0.2) is 40.1 Å². The molecule has 28 heavy (non-hydrogen) atoms. The number of alkyl halides is 1. The summed E-state index contributed by atoms with van der Waals surface area (Å²) in [5.41, 5.74) is 6.04. The molecule has 154 valence electrons. The molecule has 0 heterocycles. The Hall–Kier alpha value is -1.33. The van der Waals surface area contributed by atoms with Gasteiger partial charge in [0.25, 0.3) is 0 Å². The van der Waals surface area contributed by atoms with Crippen molar-refractivity contribution in [3.63, 3.8) is 0 Å². The molecule has 0 radical (unpaired) electrons. The molecule has 0 aliphatic heterocycles. The lowest BCUT2D eigenvalue weighted by Gasteiger charge is -2.22. The van der Waals surface area contributed by atoms with Crippen molar-refractivity contribution in [3.8, 4) is 5.75 Å². The summed E-state index contributed by atoms with van der Waals surface area (Å²) >= 11 is 9.38. The summed E-state index contributed by atoms with van der Waals surface area (Å²) in [7, 11) is -8.55. The van der Waals surface area contributed by atoms with Gasteiger partial charge in [-0.2, -0.15) is 0 Å². The number of hydrogen-bond acceptors (Lipinski definition) is 6. The summed E-state index contributed by atoms with van der Waals surface area (Å²) in [4.78, 5) is -1.07. The van der Waals surface area contributed by atoms with Crippen LogP contribution in [0.5, 0.6) is 5.75 Å². The molecule has 0 fully saturated rings. The highest BCUT2D eigenvalue weighted by Crippen LogP contribution is 2.46. The minimum atomic E-state index is -4.40. The molecule has 0 spiro atoms. The van der Waals surface area contributed by atoms with Gasteiger partial charge in [0.05, 0.1) is 16.0 Å². The summed E-state index contributed by atoms with van der Waals surface area (Å²) in [6.07, 6.45) is 0.228. The number of ether oxygens (including phenoxy) is 1. The predicted molar refractivity (Wildman–Crippen MR) is 113 cm³/mol. The Kier molecular flexibility index (Phi) is 7.03. The van der Waals surface area contributed by atoms with Gasteiger partial charge in [-0.15, -0.1) is 0 Å². The number of nitrogen functional groups attached to an aromatic ring is 1. The molecule has 11 heteroatoms. The number of anilines is 1. The van der Waals surface area contributed by atoms with Gasteiger partial charge in [0.1, 0.15) is 21.1 Å². The molecule has 1 atom stereocenters. The molecule has 0 aromatic heterocycles. The average Bonchev–Trinajstić information content (AvgIpc) is 2.59. The number of halogens is 2. The first-order chi connectivity index (χ1) is 13.0. The van der Waals surface area contributed by atoms with Gasteiger partial charge < -0.3 is 10.5 Å². The van der Waals surface area contributed by atoms with Gasteiger partial charge in [0.2, 0.25) is 10.0 Å². The second-order valence-corrected chi connectivity index (χ2v) is 10.4. The van der Waals surface area contributed by atoms with Gasteiger partial charge in [-0.1, -0.05) is 48.9 Å². The van der Waals surface area contributed by atoms with Crippen molar-refractivity contribution in [2.75, 3.05) is 11.2 Å². The van der Waals surface area contributed by atoms with E-state index in [4.69, 9.17) is 27.2 Å². The Morgan fingerprint density at radius 1 is 1.14 bits per heavy atom. The molecule has 0 bridgehead atoms. The van der Waals surface area contributed by atoms with Gasteiger partial charge in [0, 0.05) is 5.56 Å². The van der Waals surface area contributed by atoms with E-state index in [0.29, 0.717) is 5.56 Å². The second kappa shape index (κ2) is 8.58. The number of benzene rings is 2. The van der Waals surface area contributed by atoms with Gasteiger partial charge in [-0.05, 0) is 34.8 Å². The molecule has 2 rings (SSSR count). The molecule has 0 saturated heterocycles. The standard InChI is InChI=1S/C17H20BrClN2O5S2/c1-3-12(11-7-5-4-6-8-11)27(22,23)16-13(19)10(2)15(26-9-18)17(14(16)20)28(21,24)25/h4-8,12H,3,9,20H2,1-2H3,(H2,21,24,25). The fourth-order valence-corrected chi connectivity index (χ4v) is 6.75. The molecule has 0 amide bonds. The number of primary sulfonamides is 1. The first kappa shape index (κ1) is 23.0. The van der Waals surface area contributed by atoms with Gasteiger partial charge in [-0.25, -0.2) is 22.0 Å². The monoisotopic (exact) mass is 510 g/mol. The largest absolute Gasteiger partial charge is 0.481 e. The van der Waals surface area contributed by atoms with Crippen LogP contribution < -0.4 is 15.6 Å². The number of sulfone groups is 1. The normalized spacial score (nSPS) is 13.3. The number of rotatable bonds is 7. The van der Waals surface area contributed by atoms with Gasteiger partial charge in [-0.3, -0.25) is 0 Å². The quantitative estimate of drug-likeness (QED) is 0.432. The lowest BCUT2D eigenvalue weighted by atomic mass is 10.1. The fraction of sp³-hybridized carbons (Fsp3) is 0.294. The van der Waals surface area contributed by atoms with E-state index in [2.05, 4.69) is 15.9 Å². The summed E-state index contributed by atoms with van der Waals surface area (Å²) in [6.45, 7) is 3.14. The highest BCUT2D eigenvalue weighted by atomic mass is 79.9. The number of hydrogen-bond donors (Lipinski definition) is 2. The van der Waals surface area contributed by atoms with Crippen molar-refractivity contribution in [1.82, 2.24) is 0 Å². The third-order valence-corrected chi connectivity index (χ3v) is 8.38. The Morgan fingerprint density at radius 2 is 1.71 bits per heavy atom. The fourth-order valence-electron chi connectivity index (χ4n) is 3.02. The van der Waals surface area contributed by atoms with Crippen LogP contribution in [0.4, 0.5) is 5.69 Å². The van der Waals surface area contributed by atoms with Crippen LogP contribution in [0.3, 0.4) is 0 Å². The van der Waals surface area contributed by atoms with Crippen molar-refractivity contribution in [3.05, 3.63) is 46.5 Å². The molecule has 1 unspecified atom stereocenters. The highest BCUT2D eigenvalue weighted by molar-refractivity contribution is 9.09. The van der Waals surface area contributed by atoms with Crippen LogP contribution in [-0.2, 0) is 19.9 Å². The van der Waals surface area contributed by atoms with Crippen molar-refractivity contribution in [2.45, 2.75) is 35.3 Å². The molecule has 7 nitrogen and oxygen atoms in total. The van der Waals surface area contributed by atoms with E-state index >= 15 is 0 Å². The first-order valence-corrected chi connectivity index (χ1v) is 12.7. The van der Waals surface area contributed by atoms with E-state index in [1.807, 2.05) is 0 Å². The van der Waals surface area contributed by atoms with E-state index in [9.17, 15) is 16.8 Å². The topological polar surface area (TPSA) is 130 Å². The van der Waals surface area contributed by atoms with Crippen molar-refractivity contribution in [2.24, 2.45) is 5.14 Å². The maximum atomic E-state index is 13.5. The Morgan fingerprint density at radius 3 is 2.18 bits per heavy atom. The third kappa shape index (κ3) is 4.16. The molecule has 0 saturated carbocycles. The Balaban J connectivity index is 2.90. The molecule has 2 aromatic carbocycles. The summed E-state index contributed by atoms with van der Waals surface area (Å²) in [5.74, 6) is -0.186. The second-order valence-electron chi connectivity index (χ2n) is 5.99. The number of nitrogens with two attached hydrogens (primary N) is 2. The van der Waals surface area contributed by atoms with E-state index < -0.39 is 40.6 Å². The van der Waals surface area contributed by atoms with Gasteiger partial charge in [0.15, 0.2) is 9.84 Å². The molecule has 4 N–H and O–H groups in total. The van der Waals surface area contributed by atoms with Crippen molar-refractivity contribution >= 4 is 53.1 Å². The molecule has 0 aliphatic rings. The van der Waals surface area contributed by atoms with E-state index in [1.54, 1.807) is 37.3 Å². The smallest absolute Gasteiger partial charge is 0.243 e. The zero-order valence-electron chi connectivity index (χ0n) is 15.1. The highest BCUT2D eigenvalue weighted by Gasteiger charge is 2.37. The zero-order valence-corrected chi connectivity index (χ0v) is 19.1. The molecular weight excluding hydrogens is 492 g/mol. The molecule has 2 aromatic rings. The molecular formula is C17H20BrClN2O5S2. The van der Waals surface area contributed by atoms with Crippen LogP contribution >= 0.6 is 27.5 Å². The predicted octanol–water partition coefficient (Wildman–Crippen LogP) is 3.53. The van der Waals surface area contributed by atoms with Crippen LogP contribution in [0, 0.1) is 6.92 Å². The minimum Gasteiger partial charge on any atom is -0.481 e. The Bertz CT molecular complexity index is 1090. The van der Waals surface area contributed by atoms with Crippen LogP contribution in [0.1, 0.15) is 29.7 Å². The van der Waals surface area contributed by atoms with Crippen molar-refractivity contribution in [1.29, 1.82) is 0 Å². The summed E-state index contributed by atoms with van der Waals surface area (Å²) in [6, 6.07) is 8.54. The lowest BCUT2D eigenvalue weighted by Crippen LogP contribution is -2.21.